The molecule has 0 radical (unpaired) electrons. The molecule has 16 heteroatoms. The van der Waals surface area contributed by atoms with Gasteiger partial charge in [-0.2, -0.15) is 10.4 Å². The number of halogens is 7. The summed E-state index contributed by atoms with van der Waals surface area (Å²) >= 11 is 12.0. The molecule has 0 bridgehead atoms. The predicted molar refractivity (Wildman–Crippen MR) is 125 cm³/mol. The number of nitrogens with zero attached hydrogens (tertiary/aromatic N) is 3. The molecule has 1 aromatic heterocycles. The number of rotatable bonds is 9. The van der Waals surface area contributed by atoms with Crippen LogP contribution in [-0.4, -0.2) is 42.0 Å². The number of aromatic nitrogens is 2. The van der Waals surface area contributed by atoms with Gasteiger partial charge in [0.05, 0.1) is 34.7 Å². The molecule has 2 saturated carbocycles. The summed E-state index contributed by atoms with van der Waals surface area (Å²) < 4.78 is 77.7. The Balaban J connectivity index is 1.84. The van der Waals surface area contributed by atoms with Crippen molar-refractivity contribution in [3.8, 4) is 11.8 Å². The number of anilines is 1. The van der Waals surface area contributed by atoms with Gasteiger partial charge in [0.25, 0.3) is 0 Å². The molecule has 1 heterocycles. The standard InChI is InChI=1S/C21H19Cl2F5N4O4S/c1-35-20(34)21(4-5-21)17-15(8-29)31-32(19(17)30-9-16(33)36-10-11-2-3-11)18-13(22)6-12(7-14(18)23)37(24,25,26,27)28/h6-7,11,30H,2-5,9-10H2,1H3. The number of nitrogens with one attached hydrogen (secondary N) is 1. The van der Waals surface area contributed by atoms with Gasteiger partial charge in [0.1, 0.15) is 29.0 Å². The SMILES string of the molecule is COC(=O)C1(c2c(C#N)nn(-c3c(Cl)cc(S(F)(F)(F)(F)F)cc3Cl)c2NCC(=O)OCC2CC2)CC1. The lowest BCUT2D eigenvalue weighted by molar-refractivity contribution is -0.143. The molecule has 1 aromatic carbocycles. The Labute approximate surface area is 217 Å². The maximum atomic E-state index is 13.4. The minimum absolute atomic E-state index is 0.000710. The smallest absolute Gasteiger partial charge is 0.325 e. The minimum Gasteiger partial charge on any atom is -0.468 e. The van der Waals surface area contributed by atoms with Gasteiger partial charge >= 0.3 is 22.2 Å². The van der Waals surface area contributed by atoms with Gasteiger partial charge in [-0.05, 0) is 43.7 Å². The second kappa shape index (κ2) is 8.37. The first-order valence-electron chi connectivity index (χ1n) is 10.8. The zero-order chi connectivity index (χ0) is 27.5. The van der Waals surface area contributed by atoms with Gasteiger partial charge in [-0.25, -0.2) is 4.68 Å². The number of methoxy groups -OCH3 is 1. The summed E-state index contributed by atoms with van der Waals surface area (Å²) in [6, 6.07) is 1.79. The van der Waals surface area contributed by atoms with Crippen LogP contribution in [0.15, 0.2) is 17.0 Å². The number of carbonyl (C=O) groups is 2. The van der Waals surface area contributed by atoms with Crippen LogP contribution in [0.2, 0.25) is 10.0 Å². The van der Waals surface area contributed by atoms with E-state index in [0.717, 1.165) is 24.6 Å². The van der Waals surface area contributed by atoms with Crippen molar-refractivity contribution in [1.29, 1.82) is 5.26 Å². The van der Waals surface area contributed by atoms with E-state index in [0.29, 0.717) is 0 Å². The summed E-state index contributed by atoms with van der Waals surface area (Å²) in [5.41, 5.74) is -2.14. The Bertz CT molecular complexity index is 1330. The molecule has 0 spiro atoms. The largest absolute Gasteiger partial charge is 0.468 e. The van der Waals surface area contributed by atoms with E-state index in [9.17, 15) is 34.3 Å². The molecule has 1 N–H and O–H groups in total. The van der Waals surface area contributed by atoms with Crippen molar-refractivity contribution in [2.75, 3.05) is 25.6 Å². The van der Waals surface area contributed by atoms with E-state index in [4.69, 9.17) is 32.7 Å². The van der Waals surface area contributed by atoms with Crippen LogP contribution in [0.1, 0.15) is 36.9 Å². The van der Waals surface area contributed by atoms with Crippen LogP contribution in [0, 0.1) is 17.2 Å². The molecule has 4 rings (SSSR count). The maximum absolute atomic E-state index is 13.4. The van der Waals surface area contributed by atoms with E-state index in [2.05, 4.69) is 10.4 Å². The van der Waals surface area contributed by atoms with Crippen molar-refractivity contribution in [2.24, 2.45) is 5.92 Å². The molecule has 2 fully saturated rings. The molecule has 0 atom stereocenters. The number of esters is 2. The third kappa shape index (κ3) is 5.44. The molecule has 0 aliphatic heterocycles. The van der Waals surface area contributed by atoms with E-state index >= 15 is 0 Å². The van der Waals surface area contributed by atoms with E-state index in [-0.39, 0.29) is 54.6 Å². The normalized spacial score (nSPS) is 18.2. The first-order valence-corrected chi connectivity index (χ1v) is 13.5. The zero-order valence-corrected chi connectivity index (χ0v) is 21.3. The zero-order valence-electron chi connectivity index (χ0n) is 19.0. The van der Waals surface area contributed by atoms with E-state index in [1.807, 2.05) is 0 Å². The number of ether oxygens (including phenoxy) is 2. The van der Waals surface area contributed by atoms with Gasteiger partial charge < -0.3 is 14.8 Å². The maximum Gasteiger partial charge on any atom is 0.325 e. The minimum atomic E-state index is -10.1. The van der Waals surface area contributed by atoms with Crippen LogP contribution in [0.4, 0.5) is 25.2 Å². The molecule has 2 aliphatic rings. The van der Waals surface area contributed by atoms with Gasteiger partial charge in [0.15, 0.2) is 5.69 Å². The molecule has 2 aliphatic carbocycles. The van der Waals surface area contributed by atoms with Gasteiger partial charge in [-0.1, -0.05) is 42.6 Å². The molecule has 0 unspecified atom stereocenters. The fourth-order valence-corrected chi connectivity index (χ4v) is 5.28. The highest BCUT2D eigenvalue weighted by atomic mass is 35.5. The predicted octanol–water partition coefficient (Wildman–Crippen LogP) is 6.28. The molecule has 37 heavy (non-hydrogen) atoms. The van der Waals surface area contributed by atoms with E-state index in [1.54, 1.807) is 6.07 Å². The third-order valence-corrected chi connectivity index (χ3v) is 7.72. The summed E-state index contributed by atoms with van der Waals surface area (Å²) in [7, 11) is -9.01. The number of hydrogen-bond acceptors (Lipinski definition) is 7. The Morgan fingerprint density at radius 2 is 1.81 bits per heavy atom. The summed E-state index contributed by atoms with van der Waals surface area (Å²) in [5, 5.41) is 14.7. The summed E-state index contributed by atoms with van der Waals surface area (Å²) in [6.07, 6.45) is 2.34. The average molecular weight is 589 g/mol. The van der Waals surface area contributed by atoms with Gasteiger partial charge in [-0.3, -0.25) is 9.59 Å². The molecule has 0 saturated heterocycles. The highest BCUT2D eigenvalue weighted by Crippen LogP contribution is 3.02. The Morgan fingerprint density at radius 1 is 1.22 bits per heavy atom. The van der Waals surface area contributed by atoms with Gasteiger partial charge in [0.2, 0.25) is 0 Å². The molecule has 2 aromatic rings. The quantitative estimate of drug-likeness (QED) is 0.271. The van der Waals surface area contributed by atoms with Crippen LogP contribution in [0.3, 0.4) is 0 Å². The van der Waals surface area contributed by atoms with Gasteiger partial charge in [0, 0.05) is 0 Å². The lowest BCUT2D eigenvalue weighted by Gasteiger charge is -2.40. The summed E-state index contributed by atoms with van der Waals surface area (Å²) in [4.78, 5) is 22.6. The first-order chi connectivity index (χ1) is 17.0. The van der Waals surface area contributed by atoms with Crippen molar-refractivity contribution in [3.63, 3.8) is 0 Å². The van der Waals surface area contributed by atoms with Crippen molar-refractivity contribution in [1.82, 2.24) is 9.78 Å². The lowest BCUT2D eigenvalue weighted by Crippen LogP contribution is -2.26. The average Bonchev–Trinajstić information content (AvgIpc) is 3.72. The van der Waals surface area contributed by atoms with Gasteiger partial charge in [-0.15, -0.1) is 0 Å². The molecule has 202 valence electrons. The highest BCUT2D eigenvalue weighted by molar-refractivity contribution is 8.45. The Hall–Kier alpha value is -2.76. The van der Waals surface area contributed by atoms with Crippen molar-refractivity contribution in [2.45, 2.75) is 36.0 Å². The van der Waals surface area contributed by atoms with Crippen molar-refractivity contribution < 1.29 is 38.5 Å². The first kappa shape index (κ1) is 27.3. The second-order valence-corrected chi connectivity index (χ2v) is 12.1. The number of carbonyl (C=O) groups excluding carboxylic acids is 2. The number of benzene rings is 1. The summed E-state index contributed by atoms with van der Waals surface area (Å²) in [5.74, 6) is -1.31. The third-order valence-electron chi connectivity index (χ3n) is 6.02. The van der Waals surface area contributed by atoms with E-state index < -0.39 is 54.8 Å². The number of nitriles is 1. The highest BCUT2D eigenvalue weighted by Gasteiger charge is 2.66. The topological polar surface area (TPSA) is 106 Å². The van der Waals surface area contributed by atoms with Crippen LogP contribution in [-0.2, 0) is 24.5 Å². The fraction of sp³-hybridized carbons (Fsp3) is 0.429. The second-order valence-electron chi connectivity index (χ2n) is 8.85. The van der Waals surface area contributed by atoms with Crippen LogP contribution >= 0.6 is 33.4 Å². The van der Waals surface area contributed by atoms with Crippen molar-refractivity contribution >= 4 is 51.2 Å². The fourth-order valence-electron chi connectivity index (χ4n) is 3.82. The Kier molecular flexibility index (Phi) is 6.17. The molecular weight excluding hydrogens is 570 g/mol. The van der Waals surface area contributed by atoms with Crippen LogP contribution < -0.4 is 5.32 Å². The van der Waals surface area contributed by atoms with Crippen LogP contribution in [0.25, 0.3) is 5.69 Å². The molecule has 0 amide bonds. The Morgan fingerprint density at radius 3 is 2.27 bits per heavy atom. The monoisotopic (exact) mass is 588 g/mol. The van der Waals surface area contributed by atoms with Crippen LogP contribution in [0.5, 0.6) is 0 Å². The lowest BCUT2D eigenvalue weighted by atomic mass is 9.95. The van der Waals surface area contributed by atoms with E-state index in [1.165, 1.54) is 0 Å². The van der Waals surface area contributed by atoms with Crippen molar-refractivity contribution in [3.05, 3.63) is 33.4 Å². The molecule has 8 nitrogen and oxygen atoms in total. The molecular formula is C21H19Cl2F5N4O4S. The summed E-state index contributed by atoms with van der Waals surface area (Å²) in [6.45, 7) is -0.276. The number of hydrogen-bond donors (Lipinski definition) is 1.